The van der Waals surface area contributed by atoms with Crippen LogP contribution in [0.5, 0.6) is 11.5 Å². The predicted octanol–water partition coefficient (Wildman–Crippen LogP) is 4.41. The molecule has 1 atom stereocenters. The molecule has 1 fully saturated rings. The van der Waals surface area contributed by atoms with Crippen LogP contribution in [-0.4, -0.2) is 87.7 Å². The first kappa shape index (κ1) is 33.2. The number of nitrogens with zero attached hydrogens (tertiary/aromatic N) is 5. The minimum Gasteiger partial charge on any atom is -0.495 e. The summed E-state index contributed by atoms with van der Waals surface area (Å²) in [4.78, 5) is 60.4. The number of carboxylic acid groups (broad SMARTS) is 1. The van der Waals surface area contributed by atoms with Gasteiger partial charge in [0.15, 0.2) is 0 Å². The van der Waals surface area contributed by atoms with Crippen LogP contribution in [0.1, 0.15) is 28.8 Å². The Morgan fingerprint density at radius 1 is 0.941 bits per heavy atom. The molecule has 0 bridgehead atoms. The third kappa shape index (κ3) is 7.07. The smallest absolute Gasteiger partial charge is 0.413 e. The average molecular weight is 691 g/mol. The largest absolute Gasteiger partial charge is 0.495 e. The second-order valence-corrected chi connectivity index (χ2v) is 12.1. The van der Waals surface area contributed by atoms with Gasteiger partial charge in [-0.15, -0.1) is 0 Å². The molecule has 0 radical (unpaired) electrons. The molecular weight excluding hydrogens is 656 g/mol. The Balaban J connectivity index is 0.883. The molecule has 0 saturated carbocycles. The molecule has 7 rings (SSSR count). The fourth-order valence-electron chi connectivity index (χ4n) is 6.21. The molecule has 2 aliphatic rings. The van der Waals surface area contributed by atoms with Crippen molar-refractivity contribution in [2.75, 3.05) is 38.4 Å². The molecule has 51 heavy (non-hydrogen) atoms. The maximum Gasteiger partial charge on any atom is 0.413 e. The van der Waals surface area contributed by atoms with Crippen LogP contribution in [0.4, 0.5) is 10.6 Å². The van der Waals surface area contributed by atoms with E-state index in [0.29, 0.717) is 17.7 Å². The number of methoxy groups -OCH3 is 1. The molecule has 3 aromatic heterocycles. The maximum absolute atomic E-state index is 12.9. The van der Waals surface area contributed by atoms with Gasteiger partial charge in [-0.2, -0.15) is 0 Å². The highest BCUT2D eigenvalue weighted by atomic mass is 16.5. The van der Waals surface area contributed by atoms with Gasteiger partial charge in [0.05, 0.1) is 38.8 Å². The highest BCUT2D eigenvalue weighted by molar-refractivity contribution is 6.05. The van der Waals surface area contributed by atoms with E-state index in [-0.39, 0.29) is 57.0 Å². The van der Waals surface area contributed by atoms with Crippen LogP contribution in [0.2, 0.25) is 0 Å². The van der Waals surface area contributed by atoms with Gasteiger partial charge in [0.1, 0.15) is 35.6 Å². The van der Waals surface area contributed by atoms with Crippen LogP contribution in [0.15, 0.2) is 85.3 Å². The van der Waals surface area contributed by atoms with Crippen molar-refractivity contribution in [3.05, 3.63) is 96.4 Å². The van der Waals surface area contributed by atoms with Gasteiger partial charge in [-0.25, -0.2) is 14.8 Å². The van der Waals surface area contributed by atoms with Crippen molar-refractivity contribution >= 4 is 35.3 Å². The minimum absolute atomic E-state index is 0.0679. The van der Waals surface area contributed by atoms with Crippen molar-refractivity contribution in [2.45, 2.75) is 25.4 Å². The van der Waals surface area contributed by atoms with Crippen molar-refractivity contribution in [1.29, 1.82) is 0 Å². The summed E-state index contributed by atoms with van der Waals surface area (Å²) in [5.41, 5.74) is 5.59. The molecule has 1 unspecified atom stereocenters. The summed E-state index contributed by atoms with van der Waals surface area (Å²) < 4.78 is 18.7. The highest BCUT2D eigenvalue weighted by Crippen LogP contribution is 2.30. The summed E-state index contributed by atoms with van der Waals surface area (Å²) in [6.45, 7) is 0.848. The molecule has 2 aliphatic heterocycles. The Bertz CT molecular complexity index is 2110. The van der Waals surface area contributed by atoms with Crippen LogP contribution in [-0.2, 0) is 20.9 Å². The lowest BCUT2D eigenvalue weighted by atomic mass is 10.0. The van der Waals surface area contributed by atoms with Crippen molar-refractivity contribution in [3.8, 4) is 33.9 Å². The standard InChI is InChI=1S/C37H34N6O8/c1-49-28-8-12-33-39-30(22-41(33)21-28)24-4-2-23(3-5-24)25-6-11-32(38-19-25)42(37(47)48)14-15-50-16-17-51-27-7-9-29-26(18-27)20-43(36(29)46)31-10-13-34(44)40-35(31)45/h2-9,11-12,18-19,21-22,31H,10,13-17,20H2,1H3,(H,47,48)(H,40,44,45). The number of hydrogen-bond donors (Lipinski definition) is 2. The number of benzene rings is 2. The number of aromatic nitrogens is 3. The molecule has 14 nitrogen and oxygen atoms in total. The zero-order chi connectivity index (χ0) is 35.5. The van der Waals surface area contributed by atoms with Crippen LogP contribution >= 0.6 is 0 Å². The number of hydrogen-bond acceptors (Lipinski definition) is 9. The fourth-order valence-corrected chi connectivity index (χ4v) is 6.21. The van der Waals surface area contributed by atoms with Crippen molar-refractivity contribution in [3.63, 3.8) is 0 Å². The lowest BCUT2D eigenvalue weighted by Crippen LogP contribution is -2.52. The van der Waals surface area contributed by atoms with Crippen molar-refractivity contribution < 1.29 is 38.5 Å². The van der Waals surface area contributed by atoms with Gasteiger partial charge in [-0.3, -0.25) is 24.6 Å². The van der Waals surface area contributed by atoms with Crippen molar-refractivity contribution in [2.24, 2.45) is 0 Å². The van der Waals surface area contributed by atoms with Gasteiger partial charge in [0.25, 0.3) is 5.91 Å². The summed E-state index contributed by atoms with van der Waals surface area (Å²) in [6.07, 6.45) is 4.80. The second-order valence-electron chi connectivity index (χ2n) is 12.1. The van der Waals surface area contributed by atoms with E-state index < -0.39 is 18.0 Å². The van der Waals surface area contributed by atoms with Crippen molar-refractivity contribution in [1.82, 2.24) is 24.6 Å². The molecular formula is C37H34N6O8. The molecule has 14 heteroatoms. The SMILES string of the molecule is COc1ccc2nc(-c3ccc(-c4ccc(N(CCOCCOc5ccc6c(c5)CN(C5CCC(=O)NC5=O)C6=O)C(=O)O)nc4)cc3)cn2c1. The lowest BCUT2D eigenvalue weighted by molar-refractivity contribution is -0.136. The first-order valence-corrected chi connectivity index (χ1v) is 16.4. The van der Waals surface area contributed by atoms with E-state index in [1.165, 1.54) is 4.90 Å². The third-order valence-corrected chi connectivity index (χ3v) is 8.88. The van der Waals surface area contributed by atoms with Crippen LogP contribution < -0.4 is 19.7 Å². The van der Waals surface area contributed by atoms with Gasteiger partial charge in [0, 0.05) is 42.0 Å². The average Bonchev–Trinajstić information content (AvgIpc) is 3.71. The molecule has 4 amide bonds. The molecule has 1 saturated heterocycles. The number of imidazole rings is 1. The zero-order valence-corrected chi connectivity index (χ0v) is 27.7. The van der Waals surface area contributed by atoms with Crippen LogP contribution in [0.25, 0.3) is 28.0 Å². The Morgan fingerprint density at radius 3 is 2.47 bits per heavy atom. The maximum atomic E-state index is 12.9. The predicted molar refractivity (Wildman–Crippen MR) is 185 cm³/mol. The number of pyridine rings is 2. The van der Waals surface area contributed by atoms with Crippen LogP contribution in [0, 0.1) is 0 Å². The topological polar surface area (TPSA) is 165 Å². The first-order chi connectivity index (χ1) is 24.8. The van der Waals surface area contributed by atoms with Gasteiger partial charge in [-0.1, -0.05) is 24.3 Å². The van der Waals surface area contributed by atoms with E-state index in [1.54, 1.807) is 37.6 Å². The number of anilines is 1. The fraction of sp³-hybridized carbons (Fsp3) is 0.243. The Kier molecular flexibility index (Phi) is 9.31. The van der Waals surface area contributed by atoms with Gasteiger partial charge < -0.3 is 28.6 Å². The van der Waals surface area contributed by atoms with E-state index >= 15 is 0 Å². The van der Waals surface area contributed by atoms with Gasteiger partial charge in [-0.05, 0) is 60.0 Å². The number of carbonyl (C=O) groups excluding carboxylic acids is 3. The third-order valence-electron chi connectivity index (χ3n) is 8.88. The number of imide groups is 1. The Labute approximate surface area is 292 Å². The number of carbonyl (C=O) groups is 4. The molecule has 0 spiro atoms. The zero-order valence-electron chi connectivity index (χ0n) is 27.7. The van der Waals surface area contributed by atoms with E-state index in [2.05, 4.69) is 15.3 Å². The lowest BCUT2D eigenvalue weighted by Gasteiger charge is -2.29. The van der Waals surface area contributed by atoms with E-state index in [4.69, 9.17) is 14.2 Å². The molecule has 2 aromatic carbocycles. The van der Waals surface area contributed by atoms with E-state index in [0.717, 1.165) is 44.2 Å². The molecule has 5 aromatic rings. The molecule has 260 valence electrons. The number of ether oxygens (including phenoxy) is 3. The number of nitrogens with one attached hydrogen (secondary N) is 1. The molecule has 0 aliphatic carbocycles. The summed E-state index contributed by atoms with van der Waals surface area (Å²) in [7, 11) is 1.62. The molecule has 2 N–H and O–H groups in total. The number of amides is 4. The minimum atomic E-state index is -1.15. The van der Waals surface area contributed by atoms with E-state index in [9.17, 15) is 24.3 Å². The van der Waals surface area contributed by atoms with Crippen LogP contribution in [0.3, 0.4) is 0 Å². The summed E-state index contributed by atoms with van der Waals surface area (Å²) >= 11 is 0. The van der Waals surface area contributed by atoms with E-state index in [1.807, 2.05) is 59.3 Å². The first-order valence-electron chi connectivity index (χ1n) is 16.4. The number of fused-ring (bicyclic) bond motifs is 2. The Morgan fingerprint density at radius 2 is 1.73 bits per heavy atom. The summed E-state index contributed by atoms with van der Waals surface area (Å²) in [5, 5.41) is 12.1. The van der Waals surface area contributed by atoms with Gasteiger partial charge in [0.2, 0.25) is 11.8 Å². The van der Waals surface area contributed by atoms with Gasteiger partial charge >= 0.3 is 6.09 Å². The molecule has 5 heterocycles. The second kappa shape index (κ2) is 14.3. The number of rotatable bonds is 12. The summed E-state index contributed by atoms with van der Waals surface area (Å²) in [5.74, 6) is 0.521. The number of piperidine rings is 1. The summed E-state index contributed by atoms with van der Waals surface area (Å²) in [6, 6.07) is 19.6. The Hall–Kier alpha value is -6.28. The normalized spacial score (nSPS) is 15.5. The monoisotopic (exact) mass is 690 g/mol. The highest BCUT2D eigenvalue weighted by Gasteiger charge is 2.39. The quantitative estimate of drug-likeness (QED) is 0.142.